The van der Waals surface area contributed by atoms with Crippen molar-refractivity contribution in [3.63, 3.8) is 0 Å². The molecular weight excluding hydrogens is 401 g/mol. The predicted molar refractivity (Wildman–Crippen MR) is 106 cm³/mol. The number of nitrogens with zero attached hydrogens (tertiary/aromatic N) is 2. The van der Waals surface area contributed by atoms with Gasteiger partial charge in [0.15, 0.2) is 0 Å². The van der Waals surface area contributed by atoms with Crippen LogP contribution in [0.25, 0.3) is 11.3 Å². The van der Waals surface area contributed by atoms with Crippen molar-refractivity contribution < 1.29 is 27.4 Å². The van der Waals surface area contributed by atoms with Crippen LogP contribution in [0.3, 0.4) is 0 Å². The summed E-state index contributed by atoms with van der Waals surface area (Å²) < 4.78 is 51.0. The second-order valence-electron chi connectivity index (χ2n) is 7.77. The van der Waals surface area contributed by atoms with Crippen molar-refractivity contribution in [1.29, 1.82) is 0 Å². The number of nitrogens with two attached hydrogens (primary N) is 1. The zero-order chi connectivity index (χ0) is 22.5. The zero-order valence-corrected chi connectivity index (χ0v) is 17.2. The van der Waals surface area contributed by atoms with Crippen molar-refractivity contribution >= 4 is 11.9 Å². The topological polar surface area (TPSA) is 99.4 Å². The van der Waals surface area contributed by atoms with Crippen LogP contribution in [0.5, 0.6) is 5.75 Å². The third-order valence-corrected chi connectivity index (χ3v) is 3.95. The average molecular weight is 426 g/mol. The molecule has 0 radical (unpaired) electrons. The first-order valence-corrected chi connectivity index (χ1v) is 9.11. The second kappa shape index (κ2) is 9.29. The highest BCUT2D eigenvalue weighted by Gasteiger charge is 2.30. The first-order valence-electron chi connectivity index (χ1n) is 9.11. The summed E-state index contributed by atoms with van der Waals surface area (Å²) in [6.45, 7) is 4.20. The molecule has 0 saturated heterocycles. The highest BCUT2D eigenvalue weighted by molar-refractivity contribution is 5.84. The summed E-state index contributed by atoms with van der Waals surface area (Å²) in [6.07, 6.45) is -2.24. The van der Waals surface area contributed by atoms with Crippen molar-refractivity contribution in [2.75, 3.05) is 19.0 Å². The molecule has 0 unspecified atom stereocenters. The Bertz CT molecular complexity index is 886. The lowest BCUT2D eigenvalue weighted by molar-refractivity contribution is 0.115. The summed E-state index contributed by atoms with van der Waals surface area (Å²) in [5.74, 6) is 0.0388. The van der Waals surface area contributed by atoms with Crippen LogP contribution in [0.1, 0.15) is 39.3 Å². The van der Waals surface area contributed by atoms with Gasteiger partial charge in [-0.2, -0.15) is 0 Å². The van der Waals surface area contributed by atoms with Gasteiger partial charge >= 0.3 is 6.09 Å². The number of ether oxygens (including phenoxy) is 2. The molecule has 1 amide bonds. The van der Waals surface area contributed by atoms with Gasteiger partial charge in [-0.15, -0.1) is 0 Å². The van der Waals surface area contributed by atoms with Crippen molar-refractivity contribution in [3.05, 3.63) is 36.2 Å². The average Bonchev–Trinajstić information content (AvgIpc) is 2.64. The molecule has 0 saturated carbocycles. The standard InChI is InChI=1S/C20H25F3N4O3/c1-19(2,23)10-20(3,24)11-30-14-6-5-13(26-16(14)17(21)22)12-7-8-25-15(9-12)27-18(28)29-4/h5-9,17H,10-11,24H2,1-4H3,(H,25,27,28)/t20-/m0/s1. The number of alkyl halides is 3. The summed E-state index contributed by atoms with van der Waals surface area (Å²) in [4.78, 5) is 19.3. The molecule has 0 spiro atoms. The number of hydrogen-bond donors (Lipinski definition) is 2. The number of nitrogens with one attached hydrogen (secondary N) is 1. The Morgan fingerprint density at radius 3 is 2.57 bits per heavy atom. The molecule has 0 aliphatic carbocycles. The van der Waals surface area contributed by atoms with E-state index in [2.05, 4.69) is 20.0 Å². The Balaban J connectivity index is 2.25. The molecule has 2 rings (SSSR count). The third-order valence-electron chi connectivity index (χ3n) is 3.95. The quantitative estimate of drug-likeness (QED) is 0.645. The fourth-order valence-corrected chi connectivity index (χ4v) is 2.97. The number of aromatic nitrogens is 2. The lowest BCUT2D eigenvalue weighted by Crippen LogP contribution is -2.46. The summed E-state index contributed by atoms with van der Waals surface area (Å²) in [5.41, 5.74) is 3.57. The third kappa shape index (κ3) is 6.87. The van der Waals surface area contributed by atoms with Crippen LogP contribution < -0.4 is 15.8 Å². The molecule has 3 N–H and O–H groups in total. The molecule has 1 atom stereocenters. The van der Waals surface area contributed by atoms with Gasteiger partial charge in [-0.3, -0.25) is 5.32 Å². The van der Waals surface area contributed by atoms with Crippen molar-refractivity contribution in [3.8, 4) is 17.0 Å². The molecule has 10 heteroatoms. The number of pyridine rings is 2. The summed E-state index contributed by atoms with van der Waals surface area (Å²) in [6, 6.07) is 5.87. The minimum atomic E-state index is -2.91. The van der Waals surface area contributed by atoms with E-state index in [-0.39, 0.29) is 30.3 Å². The van der Waals surface area contributed by atoms with E-state index in [9.17, 15) is 18.0 Å². The Hall–Kier alpha value is -2.88. The van der Waals surface area contributed by atoms with Crippen LogP contribution in [-0.2, 0) is 4.74 Å². The molecule has 0 aliphatic heterocycles. The van der Waals surface area contributed by atoms with Crippen LogP contribution in [0.15, 0.2) is 30.5 Å². The first kappa shape index (κ1) is 23.4. The van der Waals surface area contributed by atoms with E-state index in [1.54, 1.807) is 13.0 Å². The van der Waals surface area contributed by atoms with Gasteiger partial charge in [0.05, 0.1) is 18.3 Å². The van der Waals surface area contributed by atoms with E-state index >= 15 is 0 Å². The molecular formula is C20H25F3N4O3. The van der Waals surface area contributed by atoms with E-state index in [4.69, 9.17) is 10.5 Å². The predicted octanol–water partition coefficient (Wildman–Crippen LogP) is 4.49. The number of hydrogen-bond acceptors (Lipinski definition) is 6. The number of rotatable bonds is 8. The molecule has 7 nitrogen and oxygen atoms in total. The molecule has 2 heterocycles. The smallest absolute Gasteiger partial charge is 0.412 e. The van der Waals surface area contributed by atoms with E-state index in [0.29, 0.717) is 5.56 Å². The van der Waals surface area contributed by atoms with Crippen LogP contribution in [0, 0.1) is 0 Å². The molecule has 0 aromatic carbocycles. The number of anilines is 1. The molecule has 0 aliphatic rings. The minimum Gasteiger partial charge on any atom is -0.490 e. The number of methoxy groups -OCH3 is 1. The monoisotopic (exact) mass is 426 g/mol. The normalized spacial score (nSPS) is 13.6. The zero-order valence-electron chi connectivity index (χ0n) is 17.2. The second-order valence-corrected chi connectivity index (χ2v) is 7.77. The minimum absolute atomic E-state index is 0.0114. The van der Waals surface area contributed by atoms with E-state index < -0.39 is 29.4 Å². The first-order chi connectivity index (χ1) is 13.9. The molecule has 2 aromatic rings. The Morgan fingerprint density at radius 1 is 1.27 bits per heavy atom. The number of carbonyl (C=O) groups is 1. The van der Waals surface area contributed by atoms with Gasteiger partial charge in [0, 0.05) is 18.2 Å². The van der Waals surface area contributed by atoms with E-state index in [1.807, 2.05) is 0 Å². The van der Waals surface area contributed by atoms with Gasteiger partial charge in [0.25, 0.3) is 6.43 Å². The number of amides is 1. The van der Waals surface area contributed by atoms with Crippen molar-refractivity contribution in [2.45, 2.75) is 44.8 Å². The fourth-order valence-electron chi connectivity index (χ4n) is 2.97. The highest BCUT2D eigenvalue weighted by atomic mass is 19.3. The number of carbonyl (C=O) groups excluding carboxylic acids is 1. The summed E-state index contributed by atoms with van der Waals surface area (Å²) in [7, 11) is 1.20. The maximum Gasteiger partial charge on any atom is 0.412 e. The van der Waals surface area contributed by atoms with Crippen LogP contribution in [-0.4, -0.2) is 41.0 Å². The number of halogens is 3. The lowest BCUT2D eigenvalue weighted by Gasteiger charge is -2.30. The Kier molecular flexibility index (Phi) is 7.25. The van der Waals surface area contributed by atoms with Gasteiger partial charge in [0.1, 0.15) is 29.5 Å². The lowest BCUT2D eigenvalue weighted by atomic mass is 9.91. The largest absolute Gasteiger partial charge is 0.490 e. The van der Waals surface area contributed by atoms with Gasteiger partial charge in [-0.05, 0) is 45.0 Å². The molecule has 30 heavy (non-hydrogen) atoms. The Morgan fingerprint density at radius 2 is 1.97 bits per heavy atom. The van der Waals surface area contributed by atoms with Crippen LogP contribution in [0.2, 0.25) is 0 Å². The van der Waals surface area contributed by atoms with E-state index in [0.717, 1.165) is 0 Å². The van der Waals surface area contributed by atoms with E-state index in [1.165, 1.54) is 45.4 Å². The van der Waals surface area contributed by atoms with Gasteiger partial charge in [-0.1, -0.05) is 0 Å². The van der Waals surface area contributed by atoms with Gasteiger partial charge in [0.2, 0.25) is 0 Å². The van der Waals surface area contributed by atoms with Crippen LogP contribution in [0.4, 0.5) is 23.8 Å². The van der Waals surface area contributed by atoms with Crippen molar-refractivity contribution in [1.82, 2.24) is 9.97 Å². The van der Waals surface area contributed by atoms with Gasteiger partial charge < -0.3 is 15.2 Å². The van der Waals surface area contributed by atoms with Gasteiger partial charge in [-0.25, -0.2) is 27.9 Å². The maximum absolute atomic E-state index is 13.9. The molecule has 0 bridgehead atoms. The SMILES string of the molecule is COC(=O)Nc1cc(-c2ccc(OC[C@@](C)(N)CC(C)(C)F)c(C(F)F)n2)ccn1. The molecule has 0 fully saturated rings. The maximum atomic E-state index is 13.9. The molecule has 2 aromatic heterocycles. The fraction of sp³-hybridized carbons (Fsp3) is 0.450. The summed E-state index contributed by atoms with van der Waals surface area (Å²) in [5, 5.41) is 2.39. The highest BCUT2D eigenvalue weighted by Crippen LogP contribution is 2.32. The Labute approximate surface area is 172 Å². The molecule has 164 valence electrons. The summed E-state index contributed by atoms with van der Waals surface area (Å²) >= 11 is 0. The van der Waals surface area contributed by atoms with Crippen LogP contribution >= 0.6 is 0 Å². The van der Waals surface area contributed by atoms with Crippen molar-refractivity contribution in [2.24, 2.45) is 5.73 Å².